The summed E-state index contributed by atoms with van der Waals surface area (Å²) in [5.41, 5.74) is 0.672. The van der Waals surface area contributed by atoms with E-state index in [2.05, 4.69) is 16.5 Å². The van der Waals surface area contributed by atoms with Crippen LogP contribution in [-0.4, -0.2) is 37.3 Å². The lowest BCUT2D eigenvalue weighted by Crippen LogP contribution is -2.23. The molecule has 2 aromatic heterocycles. The zero-order valence-corrected chi connectivity index (χ0v) is 15.3. The first-order chi connectivity index (χ1) is 12.5. The van der Waals surface area contributed by atoms with Crippen molar-refractivity contribution in [1.29, 1.82) is 0 Å². The van der Waals surface area contributed by atoms with Gasteiger partial charge in [-0.05, 0) is 31.4 Å². The van der Waals surface area contributed by atoms with Crippen molar-refractivity contribution in [3.8, 4) is 11.4 Å². The second kappa shape index (κ2) is 6.00. The largest absolute Gasteiger partial charge is 0.490 e. The Balaban J connectivity index is 2.03. The van der Waals surface area contributed by atoms with Gasteiger partial charge in [-0.3, -0.25) is 4.79 Å². The van der Waals surface area contributed by atoms with E-state index in [-0.39, 0.29) is 12.2 Å². The smallest absolute Gasteiger partial charge is 0.278 e. The van der Waals surface area contributed by atoms with Crippen LogP contribution in [0.15, 0.2) is 47.0 Å². The molecule has 3 heterocycles. The maximum atomic E-state index is 12.8. The summed E-state index contributed by atoms with van der Waals surface area (Å²) < 4.78 is 8.84. The lowest BCUT2D eigenvalue weighted by Gasteiger charge is -2.16. The van der Waals surface area contributed by atoms with Crippen molar-refractivity contribution < 1.29 is 9.84 Å². The van der Waals surface area contributed by atoms with Crippen LogP contribution in [0.1, 0.15) is 12.5 Å². The molecule has 1 atom stereocenters. The number of hydrogen-bond donors (Lipinski definition) is 1. The molecular formula is C18H18N4O3S. The minimum atomic E-state index is -1.07. The Hall–Kier alpha value is -2.58. The third-order valence-electron chi connectivity index (χ3n) is 4.43. The second-order valence-electron chi connectivity index (χ2n) is 6.32. The summed E-state index contributed by atoms with van der Waals surface area (Å²) in [7, 11) is 0. The van der Waals surface area contributed by atoms with Crippen molar-refractivity contribution in [1.82, 2.24) is 19.3 Å². The molecule has 0 amide bonds. The van der Waals surface area contributed by atoms with Gasteiger partial charge in [0.05, 0.1) is 12.2 Å². The predicted octanol–water partition coefficient (Wildman–Crippen LogP) is 2.09. The summed E-state index contributed by atoms with van der Waals surface area (Å²) in [6.07, 6.45) is 5.10. The van der Waals surface area contributed by atoms with Crippen molar-refractivity contribution in [2.45, 2.75) is 24.2 Å². The average Bonchev–Trinajstić information content (AvgIpc) is 3.09. The maximum absolute atomic E-state index is 12.8. The summed E-state index contributed by atoms with van der Waals surface area (Å²) >= 11 is 1.41. The summed E-state index contributed by atoms with van der Waals surface area (Å²) in [6.45, 7) is 5.98. The van der Waals surface area contributed by atoms with Crippen LogP contribution in [0.2, 0.25) is 0 Å². The van der Waals surface area contributed by atoms with Crippen LogP contribution in [0.25, 0.3) is 16.7 Å². The van der Waals surface area contributed by atoms with E-state index in [0.717, 1.165) is 0 Å². The maximum Gasteiger partial charge on any atom is 0.278 e. The lowest BCUT2D eigenvalue weighted by molar-refractivity contribution is 0.0349. The van der Waals surface area contributed by atoms with E-state index in [9.17, 15) is 9.90 Å². The van der Waals surface area contributed by atoms with E-state index >= 15 is 0 Å². The van der Waals surface area contributed by atoms with E-state index in [4.69, 9.17) is 4.74 Å². The number of hydrogen-bond acceptors (Lipinski definition) is 6. The van der Waals surface area contributed by atoms with Crippen molar-refractivity contribution in [3.63, 3.8) is 0 Å². The number of benzene rings is 1. The summed E-state index contributed by atoms with van der Waals surface area (Å²) in [4.78, 5) is 21.6. The van der Waals surface area contributed by atoms with Crippen LogP contribution in [0, 0.1) is 0 Å². The molecule has 1 N–H and O–H groups in total. The van der Waals surface area contributed by atoms with Crippen molar-refractivity contribution in [2.24, 2.45) is 0 Å². The molecule has 1 aromatic carbocycles. The number of allylic oxidation sites excluding steroid dienone is 1. The van der Waals surface area contributed by atoms with E-state index in [1.807, 2.05) is 18.4 Å². The highest BCUT2D eigenvalue weighted by atomic mass is 32.2. The molecule has 1 aliphatic heterocycles. The molecule has 0 saturated carbocycles. The van der Waals surface area contributed by atoms with Crippen LogP contribution in [0.5, 0.6) is 5.75 Å². The molecule has 134 valence electrons. The fraction of sp³-hybridized carbons (Fsp3) is 0.278. The van der Waals surface area contributed by atoms with E-state index in [1.165, 1.54) is 11.8 Å². The molecule has 0 aliphatic carbocycles. The van der Waals surface area contributed by atoms with E-state index in [0.29, 0.717) is 39.7 Å². The number of nitrogens with zero attached hydrogens (tertiary/aromatic N) is 4. The predicted molar refractivity (Wildman–Crippen MR) is 100 cm³/mol. The third-order valence-corrected chi connectivity index (χ3v) is 5.00. The first-order valence-electron chi connectivity index (χ1n) is 8.10. The van der Waals surface area contributed by atoms with Gasteiger partial charge in [0.2, 0.25) is 0 Å². The Labute approximate surface area is 153 Å². The van der Waals surface area contributed by atoms with Crippen LogP contribution in [0.3, 0.4) is 0 Å². The normalized spacial score (nSPS) is 18.7. The highest BCUT2D eigenvalue weighted by Gasteiger charge is 2.34. The number of ether oxygens (including phenoxy) is 1. The minimum absolute atomic E-state index is 0.184. The molecule has 0 fully saturated rings. The molecule has 26 heavy (non-hydrogen) atoms. The Kier molecular flexibility index (Phi) is 3.89. The highest BCUT2D eigenvalue weighted by molar-refractivity contribution is 7.98. The molecule has 4 rings (SSSR count). The monoisotopic (exact) mass is 370 g/mol. The molecule has 0 radical (unpaired) electrons. The van der Waals surface area contributed by atoms with E-state index in [1.54, 1.807) is 34.6 Å². The zero-order chi connectivity index (χ0) is 18.5. The topological polar surface area (TPSA) is 82.2 Å². The Morgan fingerprint density at radius 1 is 1.50 bits per heavy atom. The molecule has 1 aliphatic rings. The van der Waals surface area contributed by atoms with Crippen LogP contribution in [-0.2, 0) is 12.1 Å². The van der Waals surface area contributed by atoms with Gasteiger partial charge in [0, 0.05) is 11.8 Å². The van der Waals surface area contributed by atoms with Gasteiger partial charge < -0.3 is 9.84 Å². The molecule has 0 spiro atoms. The lowest BCUT2D eigenvalue weighted by atomic mass is 9.98. The van der Waals surface area contributed by atoms with Gasteiger partial charge in [-0.15, -0.1) is 6.58 Å². The SMILES string of the molecule is C=CCn1c(=O)c2cnc(SC)nc2n1-c1ccc2c(c1)C(C)(O)CO2. The molecule has 0 saturated heterocycles. The molecular weight excluding hydrogens is 352 g/mol. The van der Waals surface area contributed by atoms with Gasteiger partial charge in [0.15, 0.2) is 10.8 Å². The summed E-state index contributed by atoms with van der Waals surface area (Å²) in [5.74, 6) is 0.646. The minimum Gasteiger partial charge on any atom is -0.490 e. The molecule has 3 aromatic rings. The van der Waals surface area contributed by atoms with Gasteiger partial charge in [-0.1, -0.05) is 17.8 Å². The molecule has 1 unspecified atom stereocenters. The van der Waals surface area contributed by atoms with Gasteiger partial charge in [0.1, 0.15) is 23.3 Å². The fourth-order valence-corrected chi connectivity index (χ4v) is 3.49. The number of aromatic nitrogens is 4. The Morgan fingerprint density at radius 2 is 2.31 bits per heavy atom. The second-order valence-corrected chi connectivity index (χ2v) is 7.10. The number of aliphatic hydroxyl groups is 1. The summed E-state index contributed by atoms with van der Waals surface area (Å²) in [5, 5.41) is 11.6. The zero-order valence-electron chi connectivity index (χ0n) is 14.5. The molecule has 8 heteroatoms. The van der Waals surface area contributed by atoms with Crippen LogP contribution < -0.4 is 10.3 Å². The van der Waals surface area contributed by atoms with Gasteiger partial charge in [-0.2, -0.15) is 0 Å². The fourth-order valence-electron chi connectivity index (χ4n) is 3.15. The third kappa shape index (κ3) is 2.45. The average molecular weight is 370 g/mol. The standard InChI is InChI=1S/C18H18N4O3S/c1-4-7-21-16(23)12-9-19-17(26-3)20-15(12)22(21)11-5-6-14-13(8-11)18(2,24)10-25-14/h4-6,8-9,24H,1,7,10H2,2-3H3. The van der Waals surface area contributed by atoms with Crippen LogP contribution >= 0.6 is 11.8 Å². The Bertz CT molecular complexity index is 1080. The molecule has 0 bridgehead atoms. The van der Waals surface area contributed by atoms with Crippen LogP contribution in [0.4, 0.5) is 0 Å². The van der Waals surface area contributed by atoms with Crippen molar-refractivity contribution in [2.75, 3.05) is 12.9 Å². The van der Waals surface area contributed by atoms with Gasteiger partial charge in [0.25, 0.3) is 5.56 Å². The molecule has 7 nitrogen and oxygen atoms in total. The van der Waals surface area contributed by atoms with E-state index < -0.39 is 5.60 Å². The van der Waals surface area contributed by atoms with Gasteiger partial charge in [-0.25, -0.2) is 19.3 Å². The highest BCUT2D eigenvalue weighted by Crippen LogP contribution is 2.38. The van der Waals surface area contributed by atoms with Gasteiger partial charge >= 0.3 is 0 Å². The summed E-state index contributed by atoms with van der Waals surface area (Å²) in [6, 6.07) is 5.48. The first-order valence-corrected chi connectivity index (χ1v) is 9.32. The quantitative estimate of drug-likeness (QED) is 0.430. The number of fused-ring (bicyclic) bond motifs is 2. The number of thioether (sulfide) groups is 1. The Morgan fingerprint density at radius 3 is 3.04 bits per heavy atom. The number of rotatable bonds is 4. The van der Waals surface area contributed by atoms with Crippen molar-refractivity contribution in [3.05, 3.63) is 53.0 Å². The van der Waals surface area contributed by atoms with Crippen molar-refractivity contribution >= 4 is 22.8 Å². The first kappa shape index (κ1) is 16.9.